The summed E-state index contributed by atoms with van der Waals surface area (Å²) < 4.78 is 12.2. The van der Waals surface area contributed by atoms with Crippen molar-refractivity contribution in [2.24, 2.45) is 10.7 Å². The van der Waals surface area contributed by atoms with Crippen LogP contribution in [0.25, 0.3) is 0 Å². The number of nitrogens with one attached hydrogen (secondary N) is 2. The largest absolute Gasteiger partial charge is 0.385 e. The minimum absolute atomic E-state index is 0.0621. The van der Waals surface area contributed by atoms with Crippen LogP contribution in [0.5, 0.6) is 0 Å². The molecule has 7 heteroatoms. The van der Waals surface area contributed by atoms with Crippen LogP contribution in [0.4, 0.5) is 4.39 Å². The Morgan fingerprint density at radius 2 is 2.00 bits per heavy atom. The topological polar surface area (TPSA) is 96.6 Å². The first-order valence-electron chi connectivity index (χ1n) is 7.56. The molecule has 0 bridgehead atoms. The van der Waals surface area contributed by atoms with E-state index in [4.69, 9.17) is 5.73 Å². The number of benzene rings is 1. The van der Waals surface area contributed by atoms with Crippen LogP contribution >= 0.6 is 0 Å². The molecule has 0 aliphatic carbocycles. The van der Waals surface area contributed by atoms with Gasteiger partial charge in [-0.3, -0.25) is 14.6 Å². The first-order chi connectivity index (χ1) is 11.1. The highest BCUT2D eigenvalue weighted by Gasteiger charge is 2.20. The first kappa shape index (κ1) is 18.6. The third kappa shape index (κ3) is 6.90. The van der Waals surface area contributed by atoms with Crippen LogP contribution in [0.3, 0.4) is 0 Å². The lowest BCUT2D eigenvalue weighted by Gasteiger charge is -2.17. The number of carbonyl (C=O) groups excluding carboxylic acids is 2. The van der Waals surface area contributed by atoms with Crippen LogP contribution in [0.2, 0.25) is 0 Å². The maximum atomic E-state index is 12.2. The van der Waals surface area contributed by atoms with Gasteiger partial charge in [0.15, 0.2) is 0 Å². The number of hydrogen-bond donors (Lipinski definition) is 3. The summed E-state index contributed by atoms with van der Waals surface area (Å²) in [5, 5.41) is 5.40. The Labute approximate surface area is 135 Å². The van der Waals surface area contributed by atoms with Gasteiger partial charge in [0, 0.05) is 18.7 Å². The molecule has 0 spiro atoms. The fourth-order valence-electron chi connectivity index (χ4n) is 1.96. The van der Waals surface area contributed by atoms with Crippen molar-refractivity contribution in [3.63, 3.8) is 0 Å². The molecule has 23 heavy (non-hydrogen) atoms. The summed E-state index contributed by atoms with van der Waals surface area (Å²) in [6, 6.07) is 8.01. The fourth-order valence-corrected chi connectivity index (χ4v) is 1.96. The van der Waals surface area contributed by atoms with Crippen molar-refractivity contribution in [1.82, 2.24) is 10.6 Å². The van der Waals surface area contributed by atoms with Crippen molar-refractivity contribution in [3.05, 3.63) is 35.9 Å². The maximum Gasteiger partial charge on any atom is 0.251 e. The van der Waals surface area contributed by atoms with Gasteiger partial charge in [-0.2, -0.15) is 0 Å². The molecule has 1 atom stereocenters. The molecule has 2 amide bonds. The molecule has 1 aromatic rings. The van der Waals surface area contributed by atoms with Gasteiger partial charge in [-0.25, -0.2) is 4.39 Å². The van der Waals surface area contributed by atoms with Gasteiger partial charge in [-0.05, 0) is 31.9 Å². The van der Waals surface area contributed by atoms with E-state index in [-0.39, 0.29) is 17.6 Å². The van der Waals surface area contributed by atoms with Gasteiger partial charge in [0.1, 0.15) is 18.6 Å². The van der Waals surface area contributed by atoms with Gasteiger partial charge in [0.05, 0.1) is 0 Å². The molecule has 0 fully saturated rings. The van der Waals surface area contributed by atoms with Crippen molar-refractivity contribution < 1.29 is 14.0 Å². The molecule has 1 unspecified atom stereocenters. The summed E-state index contributed by atoms with van der Waals surface area (Å²) in [5.41, 5.74) is 5.77. The third-order valence-electron chi connectivity index (χ3n) is 3.11. The highest BCUT2D eigenvalue weighted by atomic mass is 19.1. The van der Waals surface area contributed by atoms with E-state index in [0.29, 0.717) is 31.5 Å². The number of nitrogens with two attached hydrogens (primary N) is 1. The number of halogens is 1. The van der Waals surface area contributed by atoms with Crippen LogP contribution in [0.1, 0.15) is 30.1 Å². The van der Waals surface area contributed by atoms with E-state index in [1.807, 2.05) is 6.07 Å². The van der Waals surface area contributed by atoms with Crippen LogP contribution in [0.15, 0.2) is 35.3 Å². The second-order valence-corrected chi connectivity index (χ2v) is 4.94. The maximum absolute atomic E-state index is 12.2. The SMILES string of the molecule is CCNC(=O)C(CCCN=C(N)CF)NC(=O)c1ccccc1. The average Bonchev–Trinajstić information content (AvgIpc) is 2.58. The molecule has 0 saturated heterocycles. The summed E-state index contributed by atoms with van der Waals surface area (Å²) >= 11 is 0. The van der Waals surface area contributed by atoms with E-state index in [2.05, 4.69) is 15.6 Å². The second-order valence-electron chi connectivity index (χ2n) is 4.94. The lowest BCUT2D eigenvalue weighted by molar-refractivity contribution is -0.123. The molecule has 0 radical (unpaired) electrons. The summed E-state index contributed by atoms with van der Waals surface area (Å²) in [6.07, 6.45) is 0.908. The number of likely N-dealkylation sites (N-methyl/N-ethyl adjacent to an activating group) is 1. The molecule has 6 nitrogen and oxygen atoms in total. The molecular formula is C16H23FN4O2. The van der Waals surface area contributed by atoms with Gasteiger partial charge in [0.2, 0.25) is 5.91 Å². The van der Waals surface area contributed by atoms with Crippen molar-refractivity contribution >= 4 is 17.6 Å². The Bertz CT molecular complexity index is 534. The Morgan fingerprint density at radius 1 is 1.30 bits per heavy atom. The van der Waals surface area contributed by atoms with Crippen molar-refractivity contribution in [2.45, 2.75) is 25.8 Å². The quantitative estimate of drug-likeness (QED) is 0.360. The van der Waals surface area contributed by atoms with Gasteiger partial charge >= 0.3 is 0 Å². The summed E-state index contributed by atoms with van der Waals surface area (Å²) in [7, 11) is 0. The molecule has 1 aromatic carbocycles. The van der Waals surface area contributed by atoms with Crippen LogP contribution < -0.4 is 16.4 Å². The summed E-state index contributed by atoms with van der Waals surface area (Å²) in [5.74, 6) is -0.624. The molecule has 0 aromatic heterocycles. The highest BCUT2D eigenvalue weighted by molar-refractivity contribution is 5.97. The van der Waals surface area contributed by atoms with E-state index in [1.165, 1.54) is 0 Å². The van der Waals surface area contributed by atoms with Crippen LogP contribution in [0, 0.1) is 0 Å². The van der Waals surface area contributed by atoms with E-state index in [9.17, 15) is 14.0 Å². The molecule has 1 rings (SSSR count). The highest BCUT2D eigenvalue weighted by Crippen LogP contribution is 2.03. The second kappa shape index (κ2) is 10.3. The standard InChI is InChI=1S/C16H23FN4O2/c1-2-19-16(23)13(9-6-10-20-14(18)11-17)21-15(22)12-7-4-3-5-8-12/h3-5,7-8,13H,2,6,9-11H2,1H3,(H2,18,20)(H,19,23)(H,21,22). The van der Waals surface area contributed by atoms with Crippen LogP contribution in [-0.2, 0) is 4.79 Å². The summed E-state index contributed by atoms with van der Waals surface area (Å²) in [6.45, 7) is 1.81. The fraction of sp³-hybridized carbons (Fsp3) is 0.438. The number of amides is 2. The van der Waals surface area contributed by atoms with Gasteiger partial charge in [-0.15, -0.1) is 0 Å². The third-order valence-corrected chi connectivity index (χ3v) is 3.11. The number of alkyl halides is 1. The number of rotatable bonds is 9. The van der Waals surface area contributed by atoms with Gasteiger partial charge < -0.3 is 16.4 Å². The molecule has 0 aliphatic rings. The number of amidine groups is 1. The molecule has 0 heterocycles. The van der Waals surface area contributed by atoms with Crippen molar-refractivity contribution in [2.75, 3.05) is 19.8 Å². The van der Waals surface area contributed by atoms with Crippen LogP contribution in [-0.4, -0.2) is 43.5 Å². The number of carbonyl (C=O) groups is 2. The lowest BCUT2D eigenvalue weighted by atomic mass is 10.1. The van der Waals surface area contributed by atoms with Gasteiger partial charge in [0.25, 0.3) is 5.91 Å². The molecule has 0 aliphatic heterocycles. The number of aliphatic imine (C=N–C) groups is 1. The normalized spacial score (nSPS) is 12.5. The molecular weight excluding hydrogens is 299 g/mol. The molecule has 4 N–H and O–H groups in total. The van der Waals surface area contributed by atoms with E-state index in [0.717, 1.165) is 0 Å². The minimum atomic E-state index is -0.787. The Morgan fingerprint density at radius 3 is 2.61 bits per heavy atom. The zero-order valence-corrected chi connectivity index (χ0v) is 13.2. The van der Waals surface area contributed by atoms with Gasteiger partial charge in [-0.1, -0.05) is 18.2 Å². The Balaban J connectivity index is 2.62. The van der Waals surface area contributed by atoms with Crippen molar-refractivity contribution in [3.8, 4) is 0 Å². The van der Waals surface area contributed by atoms with E-state index in [1.54, 1.807) is 31.2 Å². The number of hydrogen-bond acceptors (Lipinski definition) is 3. The van der Waals surface area contributed by atoms with E-state index < -0.39 is 12.7 Å². The molecule has 0 saturated carbocycles. The predicted octanol–water partition coefficient (Wildman–Crippen LogP) is 1.03. The number of nitrogens with zero attached hydrogens (tertiary/aromatic N) is 1. The van der Waals surface area contributed by atoms with E-state index >= 15 is 0 Å². The Kier molecular flexibility index (Phi) is 8.34. The lowest BCUT2D eigenvalue weighted by Crippen LogP contribution is -2.46. The average molecular weight is 322 g/mol. The minimum Gasteiger partial charge on any atom is -0.385 e. The van der Waals surface area contributed by atoms with Crippen molar-refractivity contribution in [1.29, 1.82) is 0 Å². The zero-order chi connectivity index (χ0) is 17.1. The first-order valence-corrected chi connectivity index (χ1v) is 7.56. The monoisotopic (exact) mass is 322 g/mol. The molecule has 126 valence electrons. The summed E-state index contributed by atoms with van der Waals surface area (Å²) in [4.78, 5) is 28.0. The Hall–Kier alpha value is -2.44. The predicted molar refractivity (Wildman–Crippen MR) is 88.1 cm³/mol. The zero-order valence-electron chi connectivity index (χ0n) is 13.2. The smallest absolute Gasteiger partial charge is 0.251 e.